The topological polar surface area (TPSA) is 26.3 Å². The third-order valence-electron chi connectivity index (χ3n) is 3.64. The summed E-state index contributed by atoms with van der Waals surface area (Å²) in [4.78, 5) is 11.3. The molecule has 2 nitrogen and oxygen atoms in total. The Morgan fingerprint density at radius 2 is 1.54 bits per heavy atom. The number of hydrogen-bond acceptors (Lipinski definition) is 2. The summed E-state index contributed by atoms with van der Waals surface area (Å²) in [7, 11) is 0. The van der Waals surface area contributed by atoms with E-state index in [4.69, 9.17) is 4.74 Å². The van der Waals surface area contributed by atoms with Gasteiger partial charge in [-0.25, -0.2) is 0 Å². The zero-order chi connectivity index (χ0) is 10.2. The van der Waals surface area contributed by atoms with Gasteiger partial charge >= 0.3 is 0 Å². The molecular formula is C11H20O2. The molecule has 13 heavy (non-hydrogen) atoms. The standard InChI is InChI=1S/C11H20O2/c1-6-7(2)10(5)13-11(8(6)3)9(4)12/h6-8,10-11H,1-5H3/t6-,7?,8+,10?,11?/m1/s1. The zero-order valence-corrected chi connectivity index (χ0v) is 9.20. The van der Waals surface area contributed by atoms with Gasteiger partial charge in [0.05, 0.1) is 6.10 Å². The minimum atomic E-state index is -0.179. The van der Waals surface area contributed by atoms with Crippen LogP contribution in [0.4, 0.5) is 0 Å². The predicted octanol–water partition coefficient (Wildman–Crippen LogP) is 2.27. The lowest BCUT2D eigenvalue weighted by Crippen LogP contribution is -2.46. The lowest BCUT2D eigenvalue weighted by atomic mass is 9.76. The molecule has 0 radical (unpaired) electrons. The molecule has 0 amide bonds. The SMILES string of the molecule is CC(=O)C1OC(C)C(C)[C@@H](C)[C@@H]1C. The van der Waals surface area contributed by atoms with E-state index in [1.807, 2.05) is 0 Å². The Kier molecular flexibility index (Phi) is 3.12. The summed E-state index contributed by atoms with van der Waals surface area (Å²) in [5, 5.41) is 0. The molecule has 0 aromatic carbocycles. The van der Waals surface area contributed by atoms with Crippen molar-refractivity contribution >= 4 is 5.78 Å². The monoisotopic (exact) mass is 184 g/mol. The molecule has 0 saturated carbocycles. The summed E-state index contributed by atoms with van der Waals surface area (Å²) in [6.07, 6.45) is 0.0290. The van der Waals surface area contributed by atoms with Crippen LogP contribution in [0.1, 0.15) is 34.6 Å². The van der Waals surface area contributed by atoms with Gasteiger partial charge in [-0.05, 0) is 31.6 Å². The Morgan fingerprint density at radius 3 is 2.00 bits per heavy atom. The van der Waals surface area contributed by atoms with Gasteiger partial charge in [0.25, 0.3) is 0 Å². The largest absolute Gasteiger partial charge is 0.367 e. The van der Waals surface area contributed by atoms with E-state index in [-0.39, 0.29) is 18.0 Å². The number of rotatable bonds is 1. The van der Waals surface area contributed by atoms with Gasteiger partial charge in [0, 0.05) is 0 Å². The van der Waals surface area contributed by atoms with Crippen LogP contribution in [0.15, 0.2) is 0 Å². The lowest BCUT2D eigenvalue weighted by molar-refractivity contribution is -0.156. The van der Waals surface area contributed by atoms with E-state index >= 15 is 0 Å². The first-order valence-corrected chi connectivity index (χ1v) is 5.11. The fraction of sp³-hybridized carbons (Fsp3) is 0.909. The van der Waals surface area contributed by atoms with Crippen molar-refractivity contribution in [2.45, 2.75) is 46.8 Å². The molecule has 0 N–H and O–H groups in total. The fourth-order valence-corrected chi connectivity index (χ4v) is 2.13. The summed E-state index contributed by atoms with van der Waals surface area (Å²) < 4.78 is 5.69. The molecule has 76 valence electrons. The number of carbonyl (C=O) groups excluding carboxylic acids is 1. The van der Waals surface area contributed by atoms with Gasteiger partial charge in [-0.3, -0.25) is 4.79 Å². The summed E-state index contributed by atoms with van der Waals surface area (Å²) in [6, 6.07) is 0. The van der Waals surface area contributed by atoms with E-state index < -0.39 is 0 Å². The first-order chi connectivity index (χ1) is 5.95. The van der Waals surface area contributed by atoms with Gasteiger partial charge in [-0.15, -0.1) is 0 Å². The predicted molar refractivity (Wildman–Crippen MR) is 52.5 cm³/mol. The number of ether oxygens (including phenoxy) is 1. The zero-order valence-electron chi connectivity index (χ0n) is 9.20. The molecule has 5 atom stereocenters. The van der Waals surface area contributed by atoms with E-state index in [9.17, 15) is 4.79 Å². The van der Waals surface area contributed by atoms with Gasteiger partial charge in [-0.2, -0.15) is 0 Å². The van der Waals surface area contributed by atoms with Gasteiger partial charge in [0.1, 0.15) is 6.10 Å². The molecular weight excluding hydrogens is 164 g/mol. The molecule has 1 heterocycles. The average Bonchev–Trinajstić information content (AvgIpc) is 2.07. The molecule has 0 spiro atoms. The quantitative estimate of drug-likeness (QED) is 0.625. The van der Waals surface area contributed by atoms with Crippen LogP contribution < -0.4 is 0 Å². The number of hydrogen-bond donors (Lipinski definition) is 0. The molecule has 0 aliphatic carbocycles. The highest BCUT2D eigenvalue weighted by molar-refractivity contribution is 5.80. The van der Waals surface area contributed by atoms with Gasteiger partial charge in [-0.1, -0.05) is 20.8 Å². The van der Waals surface area contributed by atoms with Crippen LogP contribution >= 0.6 is 0 Å². The molecule has 1 aliphatic rings. The second kappa shape index (κ2) is 3.79. The Hall–Kier alpha value is -0.370. The third-order valence-corrected chi connectivity index (χ3v) is 3.64. The Labute approximate surface area is 80.7 Å². The second-order valence-corrected chi connectivity index (χ2v) is 4.45. The van der Waals surface area contributed by atoms with Crippen LogP contribution in [-0.4, -0.2) is 18.0 Å². The highest BCUT2D eigenvalue weighted by atomic mass is 16.5. The maximum absolute atomic E-state index is 11.3. The van der Waals surface area contributed by atoms with Crippen molar-refractivity contribution in [1.29, 1.82) is 0 Å². The normalized spacial score (nSPS) is 46.1. The van der Waals surface area contributed by atoms with E-state index in [1.54, 1.807) is 6.92 Å². The molecule has 1 fully saturated rings. The number of ketones is 1. The minimum absolute atomic E-state index is 0.165. The maximum atomic E-state index is 11.3. The highest BCUT2D eigenvalue weighted by Gasteiger charge is 2.38. The molecule has 0 aromatic heterocycles. The second-order valence-electron chi connectivity index (χ2n) is 4.45. The Morgan fingerprint density at radius 1 is 1.00 bits per heavy atom. The van der Waals surface area contributed by atoms with Crippen LogP contribution in [0.25, 0.3) is 0 Å². The van der Waals surface area contributed by atoms with Crippen molar-refractivity contribution in [2.75, 3.05) is 0 Å². The van der Waals surface area contributed by atoms with Crippen LogP contribution in [0.5, 0.6) is 0 Å². The summed E-state index contributed by atoms with van der Waals surface area (Å²) in [5.41, 5.74) is 0. The first kappa shape index (κ1) is 10.7. The molecule has 1 aliphatic heterocycles. The molecule has 0 bridgehead atoms. The molecule has 1 rings (SSSR count). The molecule has 1 saturated heterocycles. The Balaban J connectivity index is 2.76. The van der Waals surface area contributed by atoms with Gasteiger partial charge < -0.3 is 4.74 Å². The average molecular weight is 184 g/mol. The van der Waals surface area contributed by atoms with Gasteiger partial charge in [0.15, 0.2) is 5.78 Å². The maximum Gasteiger partial charge on any atom is 0.158 e. The Bertz CT molecular complexity index is 200. The molecule has 2 heteroatoms. The summed E-state index contributed by atoms with van der Waals surface area (Å²) in [5.74, 6) is 1.63. The molecule has 0 aromatic rings. The number of carbonyl (C=O) groups is 1. The van der Waals surface area contributed by atoms with Gasteiger partial charge in [0.2, 0.25) is 0 Å². The number of Topliss-reactive ketones (excluding diaryl/α,β-unsaturated/α-hetero) is 1. The minimum Gasteiger partial charge on any atom is -0.367 e. The van der Waals surface area contributed by atoms with Crippen molar-refractivity contribution in [2.24, 2.45) is 17.8 Å². The van der Waals surface area contributed by atoms with Crippen LogP contribution in [0.3, 0.4) is 0 Å². The van der Waals surface area contributed by atoms with Crippen LogP contribution in [0, 0.1) is 17.8 Å². The van der Waals surface area contributed by atoms with E-state index in [1.165, 1.54) is 0 Å². The van der Waals surface area contributed by atoms with Crippen molar-refractivity contribution < 1.29 is 9.53 Å². The lowest BCUT2D eigenvalue weighted by Gasteiger charge is -2.41. The van der Waals surface area contributed by atoms with E-state index in [2.05, 4.69) is 27.7 Å². The highest BCUT2D eigenvalue weighted by Crippen LogP contribution is 2.34. The van der Waals surface area contributed by atoms with Crippen molar-refractivity contribution in [3.63, 3.8) is 0 Å². The summed E-state index contributed by atoms with van der Waals surface area (Å²) in [6.45, 7) is 10.2. The van der Waals surface area contributed by atoms with Crippen LogP contribution in [-0.2, 0) is 9.53 Å². The molecule has 3 unspecified atom stereocenters. The van der Waals surface area contributed by atoms with Crippen LogP contribution in [0.2, 0.25) is 0 Å². The van der Waals surface area contributed by atoms with Crippen molar-refractivity contribution in [3.05, 3.63) is 0 Å². The third kappa shape index (κ3) is 1.93. The van der Waals surface area contributed by atoms with Crippen molar-refractivity contribution in [1.82, 2.24) is 0 Å². The van der Waals surface area contributed by atoms with E-state index in [0.717, 1.165) is 0 Å². The van der Waals surface area contributed by atoms with E-state index in [0.29, 0.717) is 17.8 Å². The first-order valence-electron chi connectivity index (χ1n) is 5.11. The summed E-state index contributed by atoms with van der Waals surface area (Å²) >= 11 is 0. The fourth-order valence-electron chi connectivity index (χ4n) is 2.13. The van der Waals surface area contributed by atoms with Crippen molar-refractivity contribution in [3.8, 4) is 0 Å². The smallest absolute Gasteiger partial charge is 0.158 e.